The lowest BCUT2D eigenvalue weighted by molar-refractivity contribution is -0.116. The van der Waals surface area contributed by atoms with Gasteiger partial charge < -0.3 is 11.1 Å². The zero-order valence-electron chi connectivity index (χ0n) is 11.4. The molecule has 1 atom stereocenters. The molecule has 2 aromatic rings. The summed E-state index contributed by atoms with van der Waals surface area (Å²) < 4.78 is 0.799. The van der Waals surface area contributed by atoms with E-state index in [1.54, 1.807) is 18.2 Å². The predicted octanol–water partition coefficient (Wildman–Crippen LogP) is 4.52. The molecule has 21 heavy (non-hydrogen) atoms. The van der Waals surface area contributed by atoms with E-state index in [2.05, 4.69) is 21.2 Å². The third-order valence-corrected chi connectivity index (χ3v) is 4.04. The fraction of sp³-hybridized carbons (Fsp3) is 0.188. The third kappa shape index (κ3) is 4.84. The highest BCUT2D eigenvalue weighted by Crippen LogP contribution is 2.26. The molecule has 0 saturated carbocycles. The summed E-state index contributed by atoms with van der Waals surface area (Å²) in [7, 11) is 0. The molecule has 0 aromatic heterocycles. The number of carbonyl (C=O) groups excluding carboxylic acids is 1. The van der Waals surface area contributed by atoms with Crippen LogP contribution in [0.3, 0.4) is 0 Å². The fourth-order valence-electron chi connectivity index (χ4n) is 1.96. The van der Waals surface area contributed by atoms with Gasteiger partial charge in [-0.05, 0) is 46.1 Å². The van der Waals surface area contributed by atoms with E-state index in [4.69, 9.17) is 17.3 Å². The minimum Gasteiger partial charge on any atom is -0.325 e. The van der Waals surface area contributed by atoms with Crippen molar-refractivity contribution in [3.8, 4) is 0 Å². The Morgan fingerprint density at radius 1 is 1.24 bits per heavy atom. The lowest BCUT2D eigenvalue weighted by Gasteiger charge is -2.12. The number of nitrogens with two attached hydrogens (primary N) is 1. The van der Waals surface area contributed by atoms with Crippen LogP contribution >= 0.6 is 27.5 Å². The lowest BCUT2D eigenvalue weighted by atomic mass is 10.0. The van der Waals surface area contributed by atoms with E-state index >= 15 is 0 Å². The molecule has 0 aliphatic carbocycles. The molecule has 5 heteroatoms. The average molecular weight is 368 g/mol. The standard InChI is InChI=1S/C16H16BrClN2O/c17-13-7-6-12(18)10-15(13)20-16(21)9-8-14(19)11-4-2-1-3-5-11/h1-7,10,14H,8-9,19H2,(H,20,21). The summed E-state index contributed by atoms with van der Waals surface area (Å²) >= 11 is 9.29. The molecule has 1 unspecified atom stereocenters. The van der Waals surface area contributed by atoms with Gasteiger partial charge in [0, 0.05) is 22.0 Å². The quantitative estimate of drug-likeness (QED) is 0.816. The molecule has 0 aliphatic rings. The largest absolute Gasteiger partial charge is 0.325 e. The number of benzene rings is 2. The molecular formula is C16H16BrClN2O. The Morgan fingerprint density at radius 2 is 1.95 bits per heavy atom. The van der Waals surface area contributed by atoms with Crippen molar-refractivity contribution in [3.05, 3.63) is 63.6 Å². The van der Waals surface area contributed by atoms with Gasteiger partial charge in [0.1, 0.15) is 0 Å². The fourth-order valence-corrected chi connectivity index (χ4v) is 2.48. The first-order valence-electron chi connectivity index (χ1n) is 6.61. The van der Waals surface area contributed by atoms with Crippen LogP contribution in [0.2, 0.25) is 5.02 Å². The summed E-state index contributed by atoms with van der Waals surface area (Å²) in [4.78, 5) is 12.0. The normalized spacial score (nSPS) is 12.0. The first kappa shape index (κ1) is 16.0. The summed E-state index contributed by atoms with van der Waals surface area (Å²) in [5.74, 6) is -0.0793. The van der Waals surface area contributed by atoms with Gasteiger partial charge in [-0.3, -0.25) is 4.79 Å². The molecule has 110 valence electrons. The van der Waals surface area contributed by atoms with Crippen molar-refractivity contribution < 1.29 is 4.79 Å². The van der Waals surface area contributed by atoms with Crippen LogP contribution in [0.25, 0.3) is 0 Å². The number of hydrogen-bond donors (Lipinski definition) is 2. The van der Waals surface area contributed by atoms with Crippen LogP contribution in [-0.2, 0) is 4.79 Å². The molecule has 0 aliphatic heterocycles. The van der Waals surface area contributed by atoms with Crippen LogP contribution in [0.1, 0.15) is 24.4 Å². The Bertz CT molecular complexity index is 619. The molecule has 0 heterocycles. The summed E-state index contributed by atoms with van der Waals surface area (Å²) in [6, 6.07) is 14.9. The van der Waals surface area contributed by atoms with E-state index in [1.807, 2.05) is 30.3 Å². The maximum Gasteiger partial charge on any atom is 0.224 e. The number of rotatable bonds is 5. The minimum atomic E-state index is -0.139. The van der Waals surface area contributed by atoms with Crippen molar-refractivity contribution in [2.45, 2.75) is 18.9 Å². The number of hydrogen-bond acceptors (Lipinski definition) is 2. The van der Waals surface area contributed by atoms with Crippen LogP contribution in [0.5, 0.6) is 0 Å². The van der Waals surface area contributed by atoms with Crippen molar-refractivity contribution in [2.24, 2.45) is 5.73 Å². The Labute approximate surface area is 137 Å². The van der Waals surface area contributed by atoms with Gasteiger partial charge in [0.2, 0.25) is 5.91 Å². The molecule has 3 nitrogen and oxygen atoms in total. The molecule has 0 spiro atoms. The maximum atomic E-state index is 12.0. The maximum absolute atomic E-state index is 12.0. The number of anilines is 1. The Hall–Kier alpha value is -1.36. The molecule has 0 bridgehead atoms. The SMILES string of the molecule is NC(CCC(=O)Nc1cc(Cl)ccc1Br)c1ccccc1. The molecular weight excluding hydrogens is 352 g/mol. The van der Waals surface area contributed by atoms with Crippen molar-refractivity contribution in [3.63, 3.8) is 0 Å². The minimum absolute atomic E-state index is 0.0793. The first-order valence-corrected chi connectivity index (χ1v) is 7.79. The van der Waals surface area contributed by atoms with E-state index in [1.165, 1.54) is 0 Å². The van der Waals surface area contributed by atoms with Gasteiger partial charge in [-0.15, -0.1) is 0 Å². The number of carbonyl (C=O) groups is 1. The van der Waals surface area contributed by atoms with E-state index in [0.29, 0.717) is 23.6 Å². The number of nitrogens with one attached hydrogen (secondary N) is 1. The molecule has 1 amide bonds. The van der Waals surface area contributed by atoms with Gasteiger partial charge >= 0.3 is 0 Å². The van der Waals surface area contributed by atoms with Gasteiger partial charge in [0.25, 0.3) is 0 Å². The molecule has 0 radical (unpaired) electrons. The molecule has 2 aromatic carbocycles. The molecule has 3 N–H and O–H groups in total. The predicted molar refractivity (Wildman–Crippen MR) is 90.4 cm³/mol. The van der Waals surface area contributed by atoms with Crippen LogP contribution in [-0.4, -0.2) is 5.91 Å². The third-order valence-electron chi connectivity index (χ3n) is 3.11. The van der Waals surface area contributed by atoms with E-state index < -0.39 is 0 Å². The van der Waals surface area contributed by atoms with Crippen molar-refractivity contribution in [2.75, 3.05) is 5.32 Å². The Balaban J connectivity index is 1.89. The zero-order valence-corrected chi connectivity index (χ0v) is 13.7. The lowest BCUT2D eigenvalue weighted by Crippen LogP contribution is -2.16. The van der Waals surface area contributed by atoms with Gasteiger partial charge in [-0.1, -0.05) is 41.9 Å². The van der Waals surface area contributed by atoms with E-state index in [9.17, 15) is 4.79 Å². The van der Waals surface area contributed by atoms with Crippen LogP contribution in [0, 0.1) is 0 Å². The van der Waals surface area contributed by atoms with Gasteiger partial charge in [0.05, 0.1) is 5.69 Å². The van der Waals surface area contributed by atoms with Crippen LogP contribution in [0.4, 0.5) is 5.69 Å². The van der Waals surface area contributed by atoms with Crippen molar-refractivity contribution >= 4 is 39.1 Å². The van der Waals surface area contributed by atoms with Gasteiger partial charge in [-0.25, -0.2) is 0 Å². The van der Waals surface area contributed by atoms with Gasteiger partial charge in [-0.2, -0.15) is 0 Å². The van der Waals surface area contributed by atoms with E-state index in [-0.39, 0.29) is 11.9 Å². The molecule has 0 fully saturated rings. The summed E-state index contributed by atoms with van der Waals surface area (Å²) in [6.07, 6.45) is 0.947. The highest BCUT2D eigenvalue weighted by Gasteiger charge is 2.10. The summed E-state index contributed by atoms with van der Waals surface area (Å²) in [6.45, 7) is 0. The summed E-state index contributed by atoms with van der Waals surface area (Å²) in [5, 5.41) is 3.41. The second kappa shape index (κ2) is 7.59. The molecule has 0 saturated heterocycles. The Morgan fingerprint density at radius 3 is 2.67 bits per heavy atom. The molecule has 2 rings (SSSR count). The number of halogens is 2. The average Bonchev–Trinajstić information content (AvgIpc) is 2.49. The highest BCUT2D eigenvalue weighted by molar-refractivity contribution is 9.10. The number of amides is 1. The second-order valence-corrected chi connectivity index (χ2v) is 6.02. The van der Waals surface area contributed by atoms with Gasteiger partial charge in [0.15, 0.2) is 0 Å². The van der Waals surface area contributed by atoms with Crippen LogP contribution < -0.4 is 11.1 Å². The monoisotopic (exact) mass is 366 g/mol. The van der Waals surface area contributed by atoms with Crippen molar-refractivity contribution in [1.29, 1.82) is 0 Å². The summed E-state index contributed by atoms with van der Waals surface area (Å²) in [5.41, 5.74) is 7.78. The van der Waals surface area contributed by atoms with E-state index in [0.717, 1.165) is 10.0 Å². The second-order valence-electron chi connectivity index (χ2n) is 4.73. The smallest absolute Gasteiger partial charge is 0.224 e. The van der Waals surface area contributed by atoms with Crippen molar-refractivity contribution in [1.82, 2.24) is 0 Å². The first-order chi connectivity index (χ1) is 10.1. The highest BCUT2D eigenvalue weighted by atomic mass is 79.9. The Kier molecular flexibility index (Phi) is 5.79. The zero-order chi connectivity index (χ0) is 15.2. The topological polar surface area (TPSA) is 55.1 Å². The van der Waals surface area contributed by atoms with Crippen LogP contribution in [0.15, 0.2) is 53.0 Å².